The summed E-state index contributed by atoms with van der Waals surface area (Å²) >= 11 is 0. The Labute approximate surface area is 173 Å². The van der Waals surface area contributed by atoms with Gasteiger partial charge in [0.2, 0.25) is 0 Å². The molecule has 0 fully saturated rings. The predicted molar refractivity (Wildman–Crippen MR) is 112 cm³/mol. The van der Waals surface area contributed by atoms with Gasteiger partial charge in [0.25, 0.3) is 5.91 Å². The summed E-state index contributed by atoms with van der Waals surface area (Å²) in [5, 5.41) is 18.9. The largest absolute Gasteiger partial charge is 0.306 e. The standard InChI is InChI=1S/C21H22N8O/c1-14-11-15(8-9-16(14)28-13-23-26-27-28)20(30)24-19-12-17(21(2,3)4)25-29(19)18-7-5-6-10-22-18/h5-13H,1-4H3,(H,24,30). The molecule has 0 aliphatic rings. The molecule has 0 saturated carbocycles. The molecule has 3 heterocycles. The van der Waals surface area contributed by atoms with Crippen LogP contribution in [0.25, 0.3) is 11.5 Å². The minimum absolute atomic E-state index is 0.177. The number of tetrazole rings is 1. The average molecular weight is 402 g/mol. The molecule has 0 aliphatic carbocycles. The molecule has 3 aromatic heterocycles. The number of carbonyl (C=O) groups is 1. The number of aryl methyl sites for hydroxylation is 1. The summed E-state index contributed by atoms with van der Waals surface area (Å²) in [5.41, 5.74) is 2.89. The van der Waals surface area contributed by atoms with Gasteiger partial charge in [-0.05, 0) is 53.2 Å². The summed E-state index contributed by atoms with van der Waals surface area (Å²) in [6, 6.07) is 12.8. The first-order chi connectivity index (χ1) is 14.3. The van der Waals surface area contributed by atoms with E-state index in [0.29, 0.717) is 17.2 Å². The minimum Gasteiger partial charge on any atom is -0.306 e. The zero-order chi connectivity index (χ0) is 21.3. The number of aromatic nitrogens is 7. The topological polar surface area (TPSA) is 103 Å². The Bertz CT molecular complexity index is 1170. The number of hydrogen-bond acceptors (Lipinski definition) is 6. The van der Waals surface area contributed by atoms with Gasteiger partial charge in [0, 0.05) is 23.2 Å². The highest BCUT2D eigenvalue weighted by Gasteiger charge is 2.22. The summed E-state index contributed by atoms with van der Waals surface area (Å²) in [6.07, 6.45) is 3.21. The molecule has 1 N–H and O–H groups in total. The van der Waals surface area contributed by atoms with Crippen molar-refractivity contribution >= 4 is 11.7 Å². The van der Waals surface area contributed by atoms with Crippen molar-refractivity contribution in [1.29, 1.82) is 0 Å². The Kier molecular flexibility index (Phi) is 4.86. The monoisotopic (exact) mass is 402 g/mol. The van der Waals surface area contributed by atoms with E-state index in [-0.39, 0.29) is 11.3 Å². The zero-order valence-electron chi connectivity index (χ0n) is 17.2. The molecule has 0 atom stereocenters. The number of nitrogens with zero attached hydrogens (tertiary/aromatic N) is 7. The van der Waals surface area contributed by atoms with Crippen molar-refractivity contribution in [2.45, 2.75) is 33.1 Å². The number of hydrogen-bond donors (Lipinski definition) is 1. The number of anilines is 1. The van der Waals surface area contributed by atoms with Gasteiger partial charge < -0.3 is 5.32 Å². The fourth-order valence-electron chi connectivity index (χ4n) is 3.00. The van der Waals surface area contributed by atoms with E-state index in [2.05, 4.69) is 51.7 Å². The predicted octanol–water partition coefficient (Wildman–Crippen LogP) is 3.10. The van der Waals surface area contributed by atoms with Gasteiger partial charge >= 0.3 is 0 Å². The van der Waals surface area contributed by atoms with E-state index in [1.165, 1.54) is 6.33 Å². The summed E-state index contributed by atoms with van der Waals surface area (Å²) in [6.45, 7) is 8.13. The number of rotatable bonds is 4. The average Bonchev–Trinajstić information content (AvgIpc) is 3.38. The molecule has 30 heavy (non-hydrogen) atoms. The van der Waals surface area contributed by atoms with Gasteiger partial charge in [-0.1, -0.05) is 26.8 Å². The van der Waals surface area contributed by atoms with E-state index in [0.717, 1.165) is 16.9 Å². The maximum Gasteiger partial charge on any atom is 0.256 e. The van der Waals surface area contributed by atoms with Crippen LogP contribution in [-0.4, -0.2) is 40.9 Å². The molecule has 0 saturated heterocycles. The summed E-state index contributed by atoms with van der Waals surface area (Å²) in [5.74, 6) is 0.957. The number of carbonyl (C=O) groups excluding carboxylic acids is 1. The summed E-state index contributed by atoms with van der Waals surface area (Å²) < 4.78 is 3.21. The highest BCUT2D eigenvalue weighted by molar-refractivity contribution is 6.04. The van der Waals surface area contributed by atoms with Crippen LogP contribution < -0.4 is 5.32 Å². The smallest absolute Gasteiger partial charge is 0.256 e. The van der Waals surface area contributed by atoms with Crippen molar-refractivity contribution in [3.63, 3.8) is 0 Å². The van der Waals surface area contributed by atoms with E-state index < -0.39 is 0 Å². The first-order valence-corrected chi connectivity index (χ1v) is 9.50. The fourth-order valence-corrected chi connectivity index (χ4v) is 3.00. The maximum absolute atomic E-state index is 13.0. The third-order valence-electron chi connectivity index (χ3n) is 4.64. The SMILES string of the molecule is Cc1cc(C(=O)Nc2cc(C(C)(C)C)nn2-c2ccccn2)ccc1-n1cnnn1. The van der Waals surface area contributed by atoms with E-state index in [1.54, 1.807) is 27.7 Å². The summed E-state index contributed by atoms with van der Waals surface area (Å²) in [4.78, 5) is 17.4. The van der Waals surface area contributed by atoms with Gasteiger partial charge in [0.1, 0.15) is 12.1 Å². The van der Waals surface area contributed by atoms with E-state index in [1.807, 2.05) is 37.3 Å². The second-order valence-electron chi connectivity index (χ2n) is 7.97. The van der Waals surface area contributed by atoms with Gasteiger partial charge in [-0.2, -0.15) is 9.78 Å². The second-order valence-corrected chi connectivity index (χ2v) is 7.97. The number of amides is 1. The molecule has 1 aromatic carbocycles. The zero-order valence-corrected chi connectivity index (χ0v) is 17.2. The molecule has 0 aliphatic heterocycles. The van der Waals surface area contributed by atoms with Crippen LogP contribution in [0.2, 0.25) is 0 Å². The molecule has 9 nitrogen and oxygen atoms in total. The van der Waals surface area contributed by atoms with E-state index in [4.69, 9.17) is 0 Å². The van der Waals surface area contributed by atoms with Crippen LogP contribution in [-0.2, 0) is 5.41 Å². The molecule has 152 valence electrons. The Morgan fingerprint density at radius 3 is 2.57 bits per heavy atom. The van der Waals surface area contributed by atoms with Crippen molar-refractivity contribution in [2.24, 2.45) is 0 Å². The maximum atomic E-state index is 13.0. The number of pyridine rings is 1. The first-order valence-electron chi connectivity index (χ1n) is 9.50. The van der Waals surface area contributed by atoms with Crippen LogP contribution in [0, 0.1) is 6.92 Å². The van der Waals surface area contributed by atoms with Crippen LogP contribution in [0.1, 0.15) is 42.4 Å². The lowest BCUT2D eigenvalue weighted by Gasteiger charge is -2.13. The molecule has 0 radical (unpaired) electrons. The van der Waals surface area contributed by atoms with Gasteiger partial charge in [0.05, 0.1) is 11.4 Å². The van der Waals surface area contributed by atoms with Crippen molar-refractivity contribution in [3.8, 4) is 11.5 Å². The van der Waals surface area contributed by atoms with Crippen LogP contribution >= 0.6 is 0 Å². The van der Waals surface area contributed by atoms with Gasteiger partial charge in [-0.3, -0.25) is 4.79 Å². The number of nitrogens with one attached hydrogen (secondary N) is 1. The third kappa shape index (κ3) is 3.82. The Morgan fingerprint density at radius 1 is 1.10 bits per heavy atom. The normalized spacial score (nSPS) is 11.5. The third-order valence-corrected chi connectivity index (χ3v) is 4.64. The van der Waals surface area contributed by atoms with Gasteiger partial charge in [0.15, 0.2) is 5.82 Å². The van der Waals surface area contributed by atoms with Crippen molar-refractivity contribution in [2.75, 3.05) is 5.32 Å². The molecular formula is C21H22N8O. The summed E-state index contributed by atoms with van der Waals surface area (Å²) in [7, 11) is 0. The first kappa shape index (κ1) is 19.4. The molecule has 4 rings (SSSR count). The lowest BCUT2D eigenvalue weighted by Crippen LogP contribution is -2.16. The lowest BCUT2D eigenvalue weighted by atomic mass is 9.92. The molecule has 0 unspecified atom stereocenters. The highest BCUT2D eigenvalue weighted by Crippen LogP contribution is 2.26. The Balaban J connectivity index is 1.66. The van der Waals surface area contributed by atoms with E-state index in [9.17, 15) is 4.79 Å². The van der Waals surface area contributed by atoms with Gasteiger partial charge in [-0.15, -0.1) is 5.10 Å². The quantitative estimate of drug-likeness (QED) is 0.563. The van der Waals surface area contributed by atoms with Crippen molar-refractivity contribution < 1.29 is 4.79 Å². The molecule has 1 amide bonds. The molecule has 0 bridgehead atoms. The lowest BCUT2D eigenvalue weighted by molar-refractivity contribution is 0.102. The second kappa shape index (κ2) is 7.51. The van der Waals surface area contributed by atoms with Crippen LogP contribution in [0.4, 0.5) is 5.82 Å². The van der Waals surface area contributed by atoms with E-state index >= 15 is 0 Å². The number of benzene rings is 1. The van der Waals surface area contributed by atoms with Crippen LogP contribution in [0.5, 0.6) is 0 Å². The van der Waals surface area contributed by atoms with Crippen LogP contribution in [0.3, 0.4) is 0 Å². The molecule has 4 aromatic rings. The van der Waals surface area contributed by atoms with Crippen molar-refractivity contribution in [1.82, 2.24) is 35.0 Å². The van der Waals surface area contributed by atoms with Crippen LogP contribution in [0.15, 0.2) is 55.0 Å². The molecular weight excluding hydrogens is 380 g/mol. The molecule has 0 spiro atoms. The highest BCUT2D eigenvalue weighted by atomic mass is 16.1. The van der Waals surface area contributed by atoms with Gasteiger partial charge in [-0.25, -0.2) is 9.67 Å². The molecule has 9 heteroatoms. The Hall–Kier alpha value is -3.88. The fraction of sp³-hybridized carbons (Fsp3) is 0.238. The Morgan fingerprint density at radius 2 is 1.93 bits per heavy atom. The minimum atomic E-state index is -0.237. The van der Waals surface area contributed by atoms with Crippen molar-refractivity contribution in [3.05, 3.63) is 71.8 Å².